The van der Waals surface area contributed by atoms with Gasteiger partial charge in [-0.25, -0.2) is 9.59 Å². The molecular formula is C12H13NO4. The lowest BCUT2D eigenvalue weighted by atomic mass is 10.1. The van der Waals surface area contributed by atoms with Crippen molar-refractivity contribution in [3.8, 4) is 0 Å². The molecule has 17 heavy (non-hydrogen) atoms. The largest absolute Gasteiger partial charge is 0.478 e. The summed E-state index contributed by atoms with van der Waals surface area (Å²) in [5.74, 6) is -2.18. The van der Waals surface area contributed by atoms with E-state index in [9.17, 15) is 9.59 Å². The summed E-state index contributed by atoms with van der Waals surface area (Å²) >= 11 is 0. The van der Waals surface area contributed by atoms with Crippen molar-refractivity contribution >= 4 is 17.6 Å². The lowest BCUT2D eigenvalue weighted by Gasteiger charge is -2.21. The van der Waals surface area contributed by atoms with Crippen LogP contribution in [0.3, 0.4) is 0 Å². The number of carboxylic acids is 2. The van der Waals surface area contributed by atoms with Gasteiger partial charge in [0.2, 0.25) is 0 Å². The maximum Gasteiger partial charge on any atom is 0.337 e. The maximum absolute atomic E-state index is 11.1. The average molecular weight is 235 g/mol. The van der Waals surface area contributed by atoms with Crippen LogP contribution in [0.25, 0.3) is 0 Å². The predicted octanol–water partition coefficient (Wildman–Crippen LogP) is 1.68. The second kappa shape index (κ2) is 4.45. The van der Waals surface area contributed by atoms with Gasteiger partial charge in [-0.2, -0.15) is 0 Å². The molecule has 0 radical (unpaired) electrons. The van der Waals surface area contributed by atoms with Crippen molar-refractivity contribution < 1.29 is 19.8 Å². The highest BCUT2D eigenvalue weighted by molar-refractivity contribution is 6.03. The predicted molar refractivity (Wildman–Crippen MR) is 61.8 cm³/mol. The molecule has 1 aliphatic heterocycles. The Balaban J connectivity index is 2.57. The Morgan fingerprint density at radius 2 is 1.47 bits per heavy atom. The van der Waals surface area contributed by atoms with E-state index in [1.54, 1.807) is 0 Å². The van der Waals surface area contributed by atoms with Crippen LogP contribution < -0.4 is 4.90 Å². The minimum Gasteiger partial charge on any atom is -0.478 e. The normalized spacial score (nSPS) is 14.9. The van der Waals surface area contributed by atoms with Crippen molar-refractivity contribution in [1.29, 1.82) is 0 Å². The van der Waals surface area contributed by atoms with E-state index in [4.69, 9.17) is 10.2 Å². The third-order valence-corrected chi connectivity index (χ3v) is 2.92. The van der Waals surface area contributed by atoms with Crippen LogP contribution in [0.5, 0.6) is 0 Å². The van der Waals surface area contributed by atoms with Crippen LogP contribution in [0.2, 0.25) is 0 Å². The van der Waals surface area contributed by atoms with Crippen LogP contribution in [0.15, 0.2) is 18.2 Å². The quantitative estimate of drug-likeness (QED) is 0.833. The first kappa shape index (κ1) is 11.4. The molecule has 90 valence electrons. The van der Waals surface area contributed by atoms with E-state index < -0.39 is 11.9 Å². The number of para-hydroxylation sites is 1. The second-order valence-electron chi connectivity index (χ2n) is 4.01. The SMILES string of the molecule is O=C(O)c1cccc(C(=O)O)c1N1CCCC1. The van der Waals surface area contributed by atoms with Crippen molar-refractivity contribution in [2.75, 3.05) is 18.0 Å². The molecule has 0 aromatic heterocycles. The standard InChI is InChI=1S/C12H13NO4/c14-11(15)8-4-3-5-9(12(16)17)10(8)13-6-1-2-7-13/h3-5H,1-2,6-7H2,(H,14,15)(H,16,17). The van der Waals surface area contributed by atoms with Crippen molar-refractivity contribution in [3.05, 3.63) is 29.3 Å². The van der Waals surface area contributed by atoms with Gasteiger partial charge in [-0.15, -0.1) is 0 Å². The van der Waals surface area contributed by atoms with Gasteiger partial charge >= 0.3 is 11.9 Å². The summed E-state index contributed by atoms with van der Waals surface area (Å²) in [5, 5.41) is 18.2. The van der Waals surface area contributed by atoms with Gasteiger partial charge in [0.15, 0.2) is 0 Å². The van der Waals surface area contributed by atoms with Crippen LogP contribution in [0.4, 0.5) is 5.69 Å². The summed E-state index contributed by atoms with van der Waals surface area (Å²) in [6.07, 6.45) is 1.93. The molecule has 1 fully saturated rings. The number of hydrogen-bond acceptors (Lipinski definition) is 3. The van der Waals surface area contributed by atoms with E-state index in [0.29, 0.717) is 18.8 Å². The molecule has 2 N–H and O–H groups in total. The third kappa shape index (κ3) is 2.08. The third-order valence-electron chi connectivity index (χ3n) is 2.92. The van der Waals surface area contributed by atoms with Crippen LogP contribution in [-0.2, 0) is 0 Å². The Morgan fingerprint density at radius 3 is 1.88 bits per heavy atom. The lowest BCUT2D eigenvalue weighted by Crippen LogP contribution is -2.23. The zero-order valence-corrected chi connectivity index (χ0v) is 9.22. The van der Waals surface area contributed by atoms with Gasteiger partial charge in [-0.1, -0.05) is 6.07 Å². The fourth-order valence-corrected chi connectivity index (χ4v) is 2.17. The monoisotopic (exact) mass is 235 g/mol. The maximum atomic E-state index is 11.1. The van der Waals surface area contributed by atoms with Crippen LogP contribution >= 0.6 is 0 Å². The van der Waals surface area contributed by atoms with Gasteiger partial charge < -0.3 is 15.1 Å². The minimum atomic E-state index is -1.09. The summed E-state index contributed by atoms with van der Waals surface area (Å²) in [6, 6.07) is 4.36. The number of rotatable bonds is 3. The molecule has 0 saturated carbocycles. The van der Waals surface area contributed by atoms with E-state index in [-0.39, 0.29) is 11.1 Å². The van der Waals surface area contributed by atoms with Gasteiger partial charge in [0.1, 0.15) is 0 Å². The second-order valence-corrected chi connectivity index (χ2v) is 4.01. The molecule has 5 nitrogen and oxygen atoms in total. The Hall–Kier alpha value is -2.04. The van der Waals surface area contributed by atoms with Gasteiger partial charge in [-0.3, -0.25) is 0 Å². The molecule has 0 bridgehead atoms. The number of carboxylic acid groups (broad SMARTS) is 2. The van der Waals surface area contributed by atoms with Crippen molar-refractivity contribution in [3.63, 3.8) is 0 Å². The molecule has 0 atom stereocenters. The molecule has 1 aliphatic rings. The summed E-state index contributed by atoms with van der Waals surface area (Å²) in [6.45, 7) is 1.43. The minimum absolute atomic E-state index is 0.0619. The van der Waals surface area contributed by atoms with Gasteiger partial charge in [-0.05, 0) is 25.0 Å². The first-order valence-electron chi connectivity index (χ1n) is 5.46. The highest BCUT2D eigenvalue weighted by atomic mass is 16.4. The van der Waals surface area contributed by atoms with Crippen LogP contribution in [-0.4, -0.2) is 35.2 Å². The van der Waals surface area contributed by atoms with Crippen molar-refractivity contribution in [2.45, 2.75) is 12.8 Å². The number of carbonyl (C=O) groups is 2. The molecule has 1 heterocycles. The van der Waals surface area contributed by atoms with Crippen LogP contribution in [0, 0.1) is 0 Å². The Labute approximate surface area is 98.3 Å². The Kier molecular flexibility index (Phi) is 2.99. The molecule has 0 amide bonds. The molecule has 1 aromatic rings. The summed E-state index contributed by atoms with van der Waals surface area (Å²) < 4.78 is 0. The first-order chi connectivity index (χ1) is 8.11. The summed E-state index contributed by atoms with van der Waals surface area (Å²) in [4.78, 5) is 24.1. The molecule has 2 rings (SSSR count). The molecule has 1 aromatic carbocycles. The molecule has 0 unspecified atom stereocenters. The number of aromatic carboxylic acids is 2. The fraction of sp³-hybridized carbons (Fsp3) is 0.333. The number of hydrogen-bond donors (Lipinski definition) is 2. The highest BCUT2D eigenvalue weighted by Crippen LogP contribution is 2.29. The van der Waals surface area contributed by atoms with E-state index >= 15 is 0 Å². The summed E-state index contributed by atoms with van der Waals surface area (Å²) in [7, 11) is 0. The molecule has 0 aliphatic carbocycles. The zero-order chi connectivity index (χ0) is 12.4. The molecular weight excluding hydrogens is 222 g/mol. The van der Waals surface area contributed by atoms with Gasteiger partial charge in [0, 0.05) is 13.1 Å². The number of benzene rings is 1. The number of nitrogens with zero attached hydrogens (tertiary/aromatic N) is 1. The van der Waals surface area contributed by atoms with Gasteiger partial charge in [0.05, 0.1) is 16.8 Å². The Bertz CT molecular complexity index is 431. The first-order valence-corrected chi connectivity index (χ1v) is 5.46. The molecule has 5 heteroatoms. The molecule has 1 saturated heterocycles. The zero-order valence-electron chi connectivity index (χ0n) is 9.22. The van der Waals surface area contributed by atoms with Crippen LogP contribution in [0.1, 0.15) is 33.6 Å². The van der Waals surface area contributed by atoms with E-state index in [2.05, 4.69) is 0 Å². The van der Waals surface area contributed by atoms with E-state index in [1.165, 1.54) is 18.2 Å². The number of anilines is 1. The van der Waals surface area contributed by atoms with Crippen molar-refractivity contribution in [1.82, 2.24) is 0 Å². The highest BCUT2D eigenvalue weighted by Gasteiger charge is 2.24. The van der Waals surface area contributed by atoms with E-state index in [0.717, 1.165) is 12.8 Å². The van der Waals surface area contributed by atoms with Gasteiger partial charge in [0.25, 0.3) is 0 Å². The lowest BCUT2D eigenvalue weighted by molar-refractivity contribution is 0.0696. The smallest absolute Gasteiger partial charge is 0.337 e. The summed E-state index contributed by atoms with van der Waals surface area (Å²) in [5.41, 5.74) is 0.462. The van der Waals surface area contributed by atoms with E-state index in [1.807, 2.05) is 4.90 Å². The van der Waals surface area contributed by atoms with Crippen molar-refractivity contribution in [2.24, 2.45) is 0 Å². The average Bonchev–Trinajstić information content (AvgIpc) is 2.80. The Morgan fingerprint density at radius 1 is 1.00 bits per heavy atom. The topological polar surface area (TPSA) is 77.8 Å². The molecule has 0 spiro atoms. The fourth-order valence-electron chi connectivity index (χ4n) is 2.17.